The highest BCUT2D eigenvalue weighted by molar-refractivity contribution is 5.49. The van der Waals surface area contributed by atoms with Gasteiger partial charge >= 0.3 is 0 Å². The molecule has 4 nitrogen and oxygen atoms in total. The minimum Gasteiger partial charge on any atom is -0.504 e. The van der Waals surface area contributed by atoms with Crippen molar-refractivity contribution in [3.63, 3.8) is 0 Å². The summed E-state index contributed by atoms with van der Waals surface area (Å²) in [4.78, 5) is 0. The highest BCUT2D eigenvalue weighted by Crippen LogP contribution is 2.13. The van der Waals surface area contributed by atoms with E-state index in [1.54, 1.807) is 13.4 Å². The monoisotopic (exact) mass is 265 g/mol. The normalized spacial score (nSPS) is 12.9. The zero-order chi connectivity index (χ0) is 14.1. The smallest absolute Gasteiger partial charge is 0.119 e. The fourth-order valence-corrected chi connectivity index (χ4v) is 1.44. The lowest BCUT2D eigenvalue weighted by molar-refractivity contribution is 0.104. The summed E-state index contributed by atoms with van der Waals surface area (Å²) in [6.45, 7) is 4.90. The summed E-state index contributed by atoms with van der Waals surface area (Å²) >= 11 is 0. The molecular weight excluding hydrogens is 242 g/mol. The molecule has 0 amide bonds. The van der Waals surface area contributed by atoms with E-state index < -0.39 is 6.10 Å². The van der Waals surface area contributed by atoms with E-state index >= 15 is 0 Å². The van der Waals surface area contributed by atoms with Crippen LogP contribution in [0, 0.1) is 0 Å². The zero-order valence-electron chi connectivity index (χ0n) is 11.8. The molecule has 1 unspecified atom stereocenters. The third-order valence-electron chi connectivity index (χ3n) is 2.48. The van der Waals surface area contributed by atoms with Gasteiger partial charge < -0.3 is 19.9 Å². The van der Waals surface area contributed by atoms with Crippen LogP contribution in [-0.2, 0) is 4.74 Å². The number of rotatable bonds is 8. The molecule has 0 spiro atoms. The molecule has 1 aromatic carbocycles. The standard InChI is InChI=1S/C15H23NO3/c1-12(2)16-10-14(17)11-19-15-6-4-13(5-7-15)8-9-18-3/h4-9,12,14,16-17H,10-11H2,1-3H3/b9-8+. The minimum absolute atomic E-state index is 0.285. The Morgan fingerprint density at radius 2 is 1.95 bits per heavy atom. The molecule has 19 heavy (non-hydrogen) atoms. The molecule has 0 aromatic heterocycles. The molecule has 0 radical (unpaired) electrons. The van der Waals surface area contributed by atoms with Gasteiger partial charge in [-0.1, -0.05) is 26.0 Å². The molecule has 0 saturated heterocycles. The van der Waals surface area contributed by atoms with Gasteiger partial charge in [-0.3, -0.25) is 0 Å². The van der Waals surface area contributed by atoms with Crippen LogP contribution in [0.5, 0.6) is 5.75 Å². The van der Waals surface area contributed by atoms with Crippen molar-refractivity contribution in [2.75, 3.05) is 20.3 Å². The van der Waals surface area contributed by atoms with Gasteiger partial charge in [0.25, 0.3) is 0 Å². The Morgan fingerprint density at radius 1 is 1.26 bits per heavy atom. The fraction of sp³-hybridized carbons (Fsp3) is 0.467. The molecule has 0 fully saturated rings. The van der Waals surface area contributed by atoms with Gasteiger partial charge in [0.05, 0.1) is 13.4 Å². The van der Waals surface area contributed by atoms with Crippen molar-refractivity contribution in [3.8, 4) is 5.75 Å². The van der Waals surface area contributed by atoms with Crippen LogP contribution in [0.4, 0.5) is 0 Å². The molecule has 1 aromatic rings. The summed E-state index contributed by atoms with van der Waals surface area (Å²) in [6.07, 6.45) is 2.98. The van der Waals surface area contributed by atoms with Gasteiger partial charge in [0, 0.05) is 12.6 Å². The van der Waals surface area contributed by atoms with Gasteiger partial charge in [0.2, 0.25) is 0 Å². The molecule has 0 aliphatic carbocycles. The Hall–Kier alpha value is -1.52. The molecule has 0 heterocycles. The van der Waals surface area contributed by atoms with E-state index in [0.29, 0.717) is 12.6 Å². The average molecular weight is 265 g/mol. The van der Waals surface area contributed by atoms with Crippen LogP contribution in [0.25, 0.3) is 6.08 Å². The number of ether oxygens (including phenoxy) is 2. The summed E-state index contributed by atoms with van der Waals surface area (Å²) in [6, 6.07) is 7.98. The highest BCUT2D eigenvalue weighted by Gasteiger charge is 2.05. The second-order valence-electron chi connectivity index (χ2n) is 4.64. The highest BCUT2D eigenvalue weighted by atomic mass is 16.5. The van der Waals surface area contributed by atoms with Gasteiger partial charge in [0.1, 0.15) is 18.5 Å². The molecular formula is C15H23NO3. The van der Waals surface area contributed by atoms with Gasteiger partial charge in [-0.25, -0.2) is 0 Å². The lowest BCUT2D eigenvalue weighted by atomic mass is 10.2. The van der Waals surface area contributed by atoms with E-state index in [0.717, 1.165) is 11.3 Å². The van der Waals surface area contributed by atoms with E-state index in [-0.39, 0.29) is 6.61 Å². The van der Waals surface area contributed by atoms with Crippen LogP contribution in [0.3, 0.4) is 0 Å². The van der Waals surface area contributed by atoms with Gasteiger partial charge in [0.15, 0.2) is 0 Å². The predicted molar refractivity (Wildman–Crippen MR) is 77.1 cm³/mol. The predicted octanol–water partition coefficient (Wildman–Crippen LogP) is 2.04. The third kappa shape index (κ3) is 6.84. The Kier molecular flexibility index (Phi) is 7.00. The third-order valence-corrected chi connectivity index (χ3v) is 2.48. The van der Waals surface area contributed by atoms with E-state index in [2.05, 4.69) is 5.32 Å². The molecule has 0 aliphatic rings. The van der Waals surface area contributed by atoms with Crippen molar-refractivity contribution < 1.29 is 14.6 Å². The largest absolute Gasteiger partial charge is 0.504 e. The second-order valence-corrected chi connectivity index (χ2v) is 4.64. The molecule has 0 saturated carbocycles. The van der Waals surface area contributed by atoms with E-state index in [4.69, 9.17) is 9.47 Å². The Morgan fingerprint density at radius 3 is 2.53 bits per heavy atom. The topological polar surface area (TPSA) is 50.7 Å². The van der Waals surface area contributed by atoms with Crippen molar-refractivity contribution in [2.45, 2.75) is 26.0 Å². The summed E-state index contributed by atoms with van der Waals surface area (Å²) in [5.41, 5.74) is 1.04. The van der Waals surface area contributed by atoms with Crippen LogP contribution < -0.4 is 10.1 Å². The maximum absolute atomic E-state index is 9.71. The number of hydrogen-bond acceptors (Lipinski definition) is 4. The number of methoxy groups -OCH3 is 1. The minimum atomic E-state index is -0.504. The summed E-state index contributed by atoms with van der Waals surface area (Å²) in [5, 5.41) is 12.9. The van der Waals surface area contributed by atoms with Crippen LogP contribution in [0.15, 0.2) is 30.5 Å². The first-order chi connectivity index (χ1) is 9.11. The average Bonchev–Trinajstić information content (AvgIpc) is 2.41. The molecule has 1 rings (SSSR count). The SMILES string of the molecule is CO/C=C/c1ccc(OCC(O)CNC(C)C)cc1. The molecule has 4 heteroatoms. The first-order valence-corrected chi connectivity index (χ1v) is 6.45. The van der Waals surface area contributed by atoms with Gasteiger partial charge in [-0.05, 0) is 23.8 Å². The lowest BCUT2D eigenvalue weighted by Crippen LogP contribution is -2.35. The number of aliphatic hydroxyl groups excluding tert-OH is 1. The first kappa shape index (κ1) is 15.5. The zero-order valence-corrected chi connectivity index (χ0v) is 11.8. The van der Waals surface area contributed by atoms with Crippen LogP contribution in [-0.4, -0.2) is 37.5 Å². The number of aliphatic hydroxyl groups is 1. The summed E-state index contributed by atoms with van der Waals surface area (Å²) in [7, 11) is 1.61. The number of hydrogen-bond donors (Lipinski definition) is 2. The Bertz CT molecular complexity index is 373. The number of benzene rings is 1. The second kappa shape index (κ2) is 8.56. The molecule has 106 valence electrons. The van der Waals surface area contributed by atoms with Crippen LogP contribution >= 0.6 is 0 Å². The maximum Gasteiger partial charge on any atom is 0.119 e. The van der Waals surface area contributed by atoms with E-state index in [1.165, 1.54) is 0 Å². The van der Waals surface area contributed by atoms with Crippen LogP contribution in [0.1, 0.15) is 19.4 Å². The summed E-state index contributed by atoms with van der Waals surface area (Å²) < 4.78 is 10.4. The maximum atomic E-state index is 9.71. The van der Waals surface area contributed by atoms with Gasteiger partial charge in [-0.2, -0.15) is 0 Å². The van der Waals surface area contributed by atoms with Crippen molar-refractivity contribution in [3.05, 3.63) is 36.1 Å². The summed E-state index contributed by atoms with van der Waals surface area (Å²) in [5.74, 6) is 0.748. The molecule has 2 N–H and O–H groups in total. The Balaban J connectivity index is 2.35. The first-order valence-electron chi connectivity index (χ1n) is 6.45. The van der Waals surface area contributed by atoms with Crippen molar-refractivity contribution in [2.24, 2.45) is 0 Å². The molecule has 0 bridgehead atoms. The quantitative estimate of drug-likeness (QED) is 0.706. The number of nitrogens with one attached hydrogen (secondary N) is 1. The van der Waals surface area contributed by atoms with Crippen molar-refractivity contribution in [1.82, 2.24) is 5.32 Å². The van der Waals surface area contributed by atoms with E-state index in [1.807, 2.05) is 44.2 Å². The van der Waals surface area contributed by atoms with E-state index in [9.17, 15) is 5.11 Å². The Labute approximate surface area is 115 Å². The lowest BCUT2D eigenvalue weighted by Gasteiger charge is -2.15. The molecule has 0 aliphatic heterocycles. The van der Waals surface area contributed by atoms with Crippen molar-refractivity contribution in [1.29, 1.82) is 0 Å². The van der Waals surface area contributed by atoms with Crippen LogP contribution in [0.2, 0.25) is 0 Å². The van der Waals surface area contributed by atoms with Gasteiger partial charge in [-0.15, -0.1) is 0 Å². The van der Waals surface area contributed by atoms with Crippen molar-refractivity contribution >= 4 is 6.08 Å². The molecule has 1 atom stereocenters. The fourth-order valence-electron chi connectivity index (χ4n) is 1.44.